The van der Waals surface area contributed by atoms with Crippen molar-refractivity contribution in [2.75, 3.05) is 7.05 Å². The Bertz CT molecular complexity index is 542. The number of likely N-dealkylation sites (N-methyl/N-ethyl adjacent to an activating group) is 1. The van der Waals surface area contributed by atoms with Crippen LogP contribution < -0.4 is 5.32 Å². The van der Waals surface area contributed by atoms with Crippen LogP contribution >= 0.6 is 43.2 Å². The highest BCUT2D eigenvalue weighted by molar-refractivity contribution is 9.11. The summed E-state index contributed by atoms with van der Waals surface area (Å²) < 4.78 is 1.97. The van der Waals surface area contributed by atoms with E-state index in [4.69, 9.17) is 0 Å². The predicted octanol–water partition coefficient (Wildman–Crippen LogP) is 3.87. The zero-order chi connectivity index (χ0) is 13.1. The molecule has 0 aliphatic carbocycles. The highest BCUT2D eigenvalue weighted by Crippen LogP contribution is 2.27. The van der Waals surface area contributed by atoms with Crippen LogP contribution in [0.25, 0.3) is 0 Å². The third-order valence-electron chi connectivity index (χ3n) is 2.56. The van der Waals surface area contributed by atoms with Crippen molar-refractivity contribution < 1.29 is 0 Å². The van der Waals surface area contributed by atoms with Gasteiger partial charge in [-0.1, -0.05) is 0 Å². The van der Waals surface area contributed by atoms with Crippen molar-refractivity contribution in [1.29, 1.82) is 0 Å². The quantitative estimate of drug-likeness (QED) is 0.860. The number of hydrogen-bond donors (Lipinski definition) is 1. The first-order chi connectivity index (χ1) is 8.60. The molecule has 96 valence electrons. The van der Waals surface area contributed by atoms with E-state index in [-0.39, 0.29) is 6.04 Å². The number of thiazole rings is 1. The number of halogens is 2. The predicted molar refractivity (Wildman–Crippen MR) is 82.0 cm³/mol. The lowest BCUT2D eigenvalue weighted by Crippen LogP contribution is -2.20. The molecule has 2 heterocycles. The Morgan fingerprint density at radius 3 is 2.78 bits per heavy atom. The fraction of sp³-hybridized carbons (Fsp3) is 0.333. The summed E-state index contributed by atoms with van der Waals surface area (Å²) in [5.41, 5.74) is 2.08. The van der Waals surface area contributed by atoms with E-state index in [9.17, 15) is 0 Å². The summed E-state index contributed by atoms with van der Waals surface area (Å²) in [5.74, 6) is 0. The fourth-order valence-electron chi connectivity index (χ4n) is 1.69. The van der Waals surface area contributed by atoms with E-state index in [1.165, 1.54) is 0 Å². The van der Waals surface area contributed by atoms with Crippen molar-refractivity contribution in [3.63, 3.8) is 0 Å². The highest BCUT2D eigenvalue weighted by atomic mass is 79.9. The molecule has 0 saturated heterocycles. The van der Waals surface area contributed by atoms with Gasteiger partial charge in [0.15, 0.2) is 0 Å². The fourth-order valence-corrected chi connectivity index (χ4v) is 3.77. The van der Waals surface area contributed by atoms with E-state index in [0.29, 0.717) is 0 Å². The molecule has 0 aliphatic rings. The molecule has 0 spiro atoms. The average Bonchev–Trinajstić information content (AvgIpc) is 2.72. The van der Waals surface area contributed by atoms with E-state index < -0.39 is 0 Å². The van der Waals surface area contributed by atoms with Gasteiger partial charge in [-0.05, 0) is 51.9 Å². The molecule has 0 saturated carbocycles. The molecule has 0 aromatic carbocycles. The van der Waals surface area contributed by atoms with Crippen molar-refractivity contribution in [2.24, 2.45) is 0 Å². The smallest absolute Gasteiger partial charge is 0.0947 e. The second-order valence-corrected chi connectivity index (χ2v) is 6.66. The molecule has 0 aliphatic heterocycles. The van der Waals surface area contributed by atoms with E-state index in [1.807, 2.05) is 26.2 Å². The van der Waals surface area contributed by atoms with Crippen LogP contribution in [-0.4, -0.2) is 17.0 Å². The number of hydrogen-bond acceptors (Lipinski definition) is 4. The highest BCUT2D eigenvalue weighted by Gasteiger charge is 2.16. The van der Waals surface area contributed by atoms with E-state index in [2.05, 4.69) is 52.5 Å². The third kappa shape index (κ3) is 3.38. The molecular weight excluding hydrogens is 378 g/mol. The molecule has 0 amide bonds. The van der Waals surface area contributed by atoms with E-state index in [0.717, 1.165) is 31.8 Å². The minimum absolute atomic E-state index is 0.165. The molecule has 0 fully saturated rings. The lowest BCUT2D eigenvalue weighted by atomic mass is 10.1. The van der Waals surface area contributed by atoms with Gasteiger partial charge >= 0.3 is 0 Å². The average molecular weight is 391 g/mol. The standard InChI is InChI=1S/C12H13Br2N3S/c1-7-6-18-11(17-7)4-10(15-2)12-9(14)3-8(13)5-16-12/h3,5-6,10,15H,4H2,1-2H3. The summed E-state index contributed by atoms with van der Waals surface area (Å²) in [6.07, 6.45) is 2.67. The maximum atomic E-state index is 4.50. The molecule has 6 heteroatoms. The lowest BCUT2D eigenvalue weighted by molar-refractivity contribution is 0.571. The van der Waals surface area contributed by atoms with Crippen molar-refractivity contribution in [3.05, 3.63) is 43.0 Å². The Balaban J connectivity index is 2.22. The Labute approximate surface area is 127 Å². The van der Waals surface area contributed by atoms with Crippen molar-refractivity contribution >= 4 is 43.2 Å². The van der Waals surface area contributed by atoms with Gasteiger partial charge in [0.25, 0.3) is 0 Å². The van der Waals surface area contributed by atoms with Crippen molar-refractivity contribution in [3.8, 4) is 0 Å². The van der Waals surface area contributed by atoms with Crippen LogP contribution in [0.4, 0.5) is 0 Å². The molecule has 2 aromatic heterocycles. The topological polar surface area (TPSA) is 37.8 Å². The van der Waals surface area contributed by atoms with E-state index >= 15 is 0 Å². The minimum Gasteiger partial charge on any atom is -0.311 e. The Hall–Kier alpha value is -0.300. The molecule has 2 aromatic rings. The summed E-state index contributed by atoms with van der Waals surface area (Å²) in [7, 11) is 1.95. The summed E-state index contributed by atoms with van der Waals surface area (Å²) in [6.45, 7) is 2.02. The van der Waals surface area contributed by atoms with Crippen LogP contribution in [0.1, 0.15) is 22.4 Å². The minimum atomic E-state index is 0.165. The Kier molecular flexibility index (Phi) is 4.89. The van der Waals surface area contributed by atoms with Gasteiger partial charge < -0.3 is 5.32 Å². The molecule has 2 rings (SSSR count). The van der Waals surface area contributed by atoms with Gasteiger partial charge in [-0.15, -0.1) is 11.3 Å². The Morgan fingerprint density at radius 2 is 2.22 bits per heavy atom. The van der Waals surface area contributed by atoms with Gasteiger partial charge in [0, 0.05) is 32.6 Å². The number of nitrogens with one attached hydrogen (secondary N) is 1. The van der Waals surface area contributed by atoms with Crippen LogP contribution in [0.15, 0.2) is 26.6 Å². The van der Waals surface area contributed by atoms with Crippen molar-refractivity contribution in [2.45, 2.75) is 19.4 Å². The zero-order valence-electron chi connectivity index (χ0n) is 10.1. The summed E-state index contributed by atoms with van der Waals surface area (Å²) in [5, 5.41) is 6.50. The molecule has 1 unspecified atom stereocenters. The van der Waals surface area contributed by atoms with E-state index in [1.54, 1.807) is 11.3 Å². The molecule has 3 nitrogen and oxygen atoms in total. The van der Waals surface area contributed by atoms with Gasteiger partial charge in [0.05, 0.1) is 16.7 Å². The molecule has 0 radical (unpaired) electrons. The number of rotatable bonds is 4. The normalized spacial score (nSPS) is 12.7. The first-order valence-electron chi connectivity index (χ1n) is 5.49. The largest absolute Gasteiger partial charge is 0.311 e. The first kappa shape index (κ1) is 14.1. The number of pyridine rings is 1. The first-order valence-corrected chi connectivity index (χ1v) is 7.96. The van der Waals surface area contributed by atoms with Crippen LogP contribution in [0, 0.1) is 6.92 Å². The van der Waals surface area contributed by atoms with Gasteiger partial charge in [0.2, 0.25) is 0 Å². The van der Waals surface area contributed by atoms with Crippen LogP contribution in [0.3, 0.4) is 0 Å². The van der Waals surface area contributed by atoms with Gasteiger partial charge in [-0.25, -0.2) is 4.98 Å². The van der Waals surface area contributed by atoms with Gasteiger partial charge in [-0.2, -0.15) is 0 Å². The SMILES string of the molecule is CNC(Cc1nc(C)cs1)c1ncc(Br)cc1Br. The molecule has 1 N–H and O–H groups in total. The Morgan fingerprint density at radius 1 is 1.44 bits per heavy atom. The second kappa shape index (κ2) is 6.23. The lowest BCUT2D eigenvalue weighted by Gasteiger charge is -2.15. The van der Waals surface area contributed by atoms with Crippen molar-refractivity contribution in [1.82, 2.24) is 15.3 Å². The van der Waals surface area contributed by atoms with Gasteiger partial charge in [-0.3, -0.25) is 4.98 Å². The number of aromatic nitrogens is 2. The van der Waals surface area contributed by atoms with Crippen LogP contribution in [0.5, 0.6) is 0 Å². The van der Waals surface area contributed by atoms with Gasteiger partial charge in [0.1, 0.15) is 0 Å². The molecular formula is C12H13Br2N3S. The summed E-state index contributed by atoms with van der Waals surface area (Å²) in [6, 6.07) is 2.18. The van der Waals surface area contributed by atoms with Crippen LogP contribution in [0.2, 0.25) is 0 Å². The third-order valence-corrected chi connectivity index (χ3v) is 4.62. The summed E-state index contributed by atoms with van der Waals surface area (Å²) in [4.78, 5) is 8.97. The second-order valence-electron chi connectivity index (χ2n) is 3.95. The maximum Gasteiger partial charge on any atom is 0.0947 e. The maximum absolute atomic E-state index is 4.50. The monoisotopic (exact) mass is 389 g/mol. The zero-order valence-corrected chi connectivity index (χ0v) is 14.1. The number of aryl methyl sites for hydroxylation is 1. The number of nitrogens with zero attached hydrogens (tertiary/aromatic N) is 2. The summed E-state index contributed by atoms with van der Waals surface area (Å²) >= 11 is 8.67. The molecule has 18 heavy (non-hydrogen) atoms. The molecule has 0 bridgehead atoms. The van der Waals surface area contributed by atoms with Crippen LogP contribution in [-0.2, 0) is 6.42 Å². The molecule has 1 atom stereocenters.